The Morgan fingerprint density at radius 1 is 1.50 bits per heavy atom. The average molecular weight is 228 g/mol. The second-order valence-electron chi connectivity index (χ2n) is 5.30. The van der Waals surface area contributed by atoms with Crippen LogP contribution in [0.4, 0.5) is 0 Å². The van der Waals surface area contributed by atoms with Crippen molar-refractivity contribution in [3.05, 3.63) is 0 Å². The monoisotopic (exact) mass is 228 g/mol. The summed E-state index contributed by atoms with van der Waals surface area (Å²) in [5.41, 5.74) is 0.290. The van der Waals surface area contributed by atoms with Gasteiger partial charge in [0.15, 0.2) is 0 Å². The standard InChI is InChI=1S/C13H28N2O/c1-5-13(3)11-15(9-6-8-14-13)12(2)7-10-16-4/h12,14H,5-11H2,1-4H3. The van der Waals surface area contributed by atoms with Gasteiger partial charge in [0.25, 0.3) is 0 Å². The minimum Gasteiger partial charge on any atom is -0.385 e. The molecule has 96 valence electrons. The summed E-state index contributed by atoms with van der Waals surface area (Å²) in [5, 5.41) is 3.68. The van der Waals surface area contributed by atoms with Crippen LogP contribution in [-0.2, 0) is 4.74 Å². The van der Waals surface area contributed by atoms with Crippen LogP contribution in [0.3, 0.4) is 0 Å². The molecule has 1 aliphatic rings. The van der Waals surface area contributed by atoms with Crippen LogP contribution in [0, 0.1) is 0 Å². The zero-order chi connectivity index (χ0) is 12.0. The van der Waals surface area contributed by atoms with Crippen LogP contribution in [0.1, 0.15) is 40.0 Å². The van der Waals surface area contributed by atoms with Gasteiger partial charge in [0.2, 0.25) is 0 Å². The van der Waals surface area contributed by atoms with E-state index in [0.717, 1.165) is 26.1 Å². The topological polar surface area (TPSA) is 24.5 Å². The Kier molecular flexibility index (Phi) is 5.73. The summed E-state index contributed by atoms with van der Waals surface area (Å²) in [5.74, 6) is 0. The number of hydrogen-bond donors (Lipinski definition) is 1. The first kappa shape index (κ1) is 13.9. The van der Waals surface area contributed by atoms with E-state index in [2.05, 4.69) is 31.0 Å². The molecular formula is C13H28N2O. The molecule has 0 radical (unpaired) electrons. The predicted octanol–water partition coefficient (Wildman–Crippen LogP) is 1.88. The van der Waals surface area contributed by atoms with Crippen molar-refractivity contribution in [1.82, 2.24) is 10.2 Å². The van der Waals surface area contributed by atoms with Crippen LogP contribution in [0.15, 0.2) is 0 Å². The van der Waals surface area contributed by atoms with Gasteiger partial charge in [-0.3, -0.25) is 4.90 Å². The van der Waals surface area contributed by atoms with Crippen molar-refractivity contribution < 1.29 is 4.74 Å². The third-order valence-corrected chi connectivity index (χ3v) is 3.87. The van der Waals surface area contributed by atoms with Gasteiger partial charge in [-0.05, 0) is 46.2 Å². The smallest absolute Gasteiger partial charge is 0.0477 e. The van der Waals surface area contributed by atoms with Crippen LogP contribution in [-0.4, -0.2) is 49.8 Å². The van der Waals surface area contributed by atoms with Gasteiger partial charge in [0.05, 0.1) is 0 Å². The minimum absolute atomic E-state index is 0.290. The van der Waals surface area contributed by atoms with E-state index in [-0.39, 0.29) is 5.54 Å². The lowest BCUT2D eigenvalue weighted by Crippen LogP contribution is -2.50. The zero-order valence-electron chi connectivity index (χ0n) is 11.4. The lowest BCUT2D eigenvalue weighted by Gasteiger charge is -2.35. The number of nitrogens with zero attached hydrogens (tertiary/aromatic N) is 1. The van der Waals surface area contributed by atoms with E-state index >= 15 is 0 Å². The second kappa shape index (κ2) is 6.58. The molecule has 0 spiro atoms. The minimum atomic E-state index is 0.290. The van der Waals surface area contributed by atoms with Crippen LogP contribution in [0.25, 0.3) is 0 Å². The maximum atomic E-state index is 5.17. The Bertz CT molecular complexity index is 198. The molecule has 1 aliphatic heterocycles. The van der Waals surface area contributed by atoms with Crippen LogP contribution >= 0.6 is 0 Å². The quantitative estimate of drug-likeness (QED) is 0.777. The van der Waals surface area contributed by atoms with Crippen molar-refractivity contribution in [2.45, 2.75) is 51.6 Å². The van der Waals surface area contributed by atoms with Crippen LogP contribution in [0.5, 0.6) is 0 Å². The van der Waals surface area contributed by atoms with Crippen molar-refractivity contribution >= 4 is 0 Å². The molecular weight excluding hydrogens is 200 g/mol. The fourth-order valence-corrected chi connectivity index (χ4v) is 2.34. The Morgan fingerprint density at radius 2 is 2.25 bits per heavy atom. The Morgan fingerprint density at radius 3 is 2.88 bits per heavy atom. The maximum absolute atomic E-state index is 5.17. The van der Waals surface area contributed by atoms with Gasteiger partial charge in [0.1, 0.15) is 0 Å². The molecule has 0 amide bonds. The molecule has 3 heteroatoms. The van der Waals surface area contributed by atoms with E-state index < -0.39 is 0 Å². The molecule has 2 atom stereocenters. The van der Waals surface area contributed by atoms with Gasteiger partial charge in [-0.15, -0.1) is 0 Å². The van der Waals surface area contributed by atoms with Gasteiger partial charge < -0.3 is 10.1 Å². The van der Waals surface area contributed by atoms with E-state index in [1.165, 1.54) is 19.4 Å². The van der Waals surface area contributed by atoms with Crippen LogP contribution < -0.4 is 5.32 Å². The van der Waals surface area contributed by atoms with Gasteiger partial charge >= 0.3 is 0 Å². The fraction of sp³-hybridized carbons (Fsp3) is 1.00. The average Bonchev–Trinajstić information content (AvgIpc) is 2.49. The summed E-state index contributed by atoms with van der Waals surface area (Å²) in [6.07, 6.45) is 3.59. The number of nitrogens with one attached hydrogen (secondary N) is 1. The maximum Gasteiger partial charge on any atom is 0.0477 e. The molecule has 0 aromatic carbocycles. The van der Waals surface area contributed by atoms with E-state index in [1.54, 1.807) is 7.11 Å². The first-order valence-electron chi connectivity index (χ1n) is 6.59. The summed E-state index contributed by atoms with van der Waals surface area (Å²) in [6.45, 7) is 11.3. The molecule has 1 saturated heterocycles. The molecule has 0 aromatic rings. The molecule has 0 aliphatic carbocycles. The lowest BCUT2D eigenvalue weighted by atomic mass is 9.98. The molecule has 1 rings (SSSR count). The summed E-state index contributed by atoms with van der Waals surface area (Å²) in [4.78, 5) is 2.61. The van der Waals surface area contributed by atoms with Crippen molar-refractivity contribution in [3.8, 4) is 0 Å². The van der Waals surface area contributed by atoms with Gasteiger partial charge in [-0.1, -0.05) is 6.92 Å². The highest BCUT2D eigenvalue weighted by Crippen LogP contribution is 2.18. The Balaban J connectivity index is 2.50. The molecule has 2 unspecified atom stereocenters. The SMILES string of the molecule is CCC1(C)CN(C(C)CCOC)CCCN1. The molecule has 1 fully saturated rings. The molecule has 1 N–H and O–H groups in total. The van der Waals surface area contributed by atoms with Crippen LogP contribution in [0.2, 0.25) is 0 Å². The van der Waals surface area contributed by atoms with Gasteiger partial charge in [0, 0.05) is 31.8 Å². The zero-order valence-corrected chi connectivity index (χ0v) is 11.4. The highest BCUT2D eigenvalue weighted by atomic mass is 16.5. The molecule has 3 nitrogen and oxygen atoms in total. The number of hydrogen-bond acceptors (Lipinski definition) is 3. The highest BCUT2D eigenvalue weighted by molar-refractivity contribution is 4.89. The van der Waals surface area contributed by atoms with E-state index in [1.807, 2.05) is 0 Å². The Hall–Kier alpha value is -0.120. The summed E-state index contributed by atoms with van der Waals surface area (Å²) in [6, 6.07) is 0.630. The first-order chi connectivity index (χ1) is 7.61. The van der Waals surface area contributed by atoms with E-state index in [4.69, 9.17) is 4.74 Å². The van der Waals surface area contributed by atoms with E-state index in [0.29, 0.717) is 6.04 Å². The largest absolute Gasteiger partial charge is 0.385 e. The first-order valence-corrected chi connectivity index (χ1v) is 6.59. The van der Waals surface area contributed by atoms with Crippen molar-refractivity contribution in [3.63, 3.8) is 0 Å². The highest BCUT2D eigenvalue weighted by Gasteiger charge is 2.28. The van der Waals surface area contributed by atoms with E-state index in [9.17, 15) is 0 Å². The van der Waals surface area contributed by atoms with Crippen molar-refractivity contribution in [2.24, 2.45) is 0 Å². The fourth-order valence-electron chi connectivity index (χ4n) is 2.34. The normalized spacial score (nSPS) is 30.0. The molecule has 16 heavy (non-hydrogen) atoms. The Labute approximate surface area is 101 Å². The third kappa shape index (κ3) is 4.04. The number of methoxy groups -OCH3 is 1. The van der Waals surface area contributed by atoms with Crippen molar-refractivity contribution in [1.29, 1.82) is 0 Å². The number of rotatable bonds is 5. The molecule has 1 heterocycles. The van der Waals surface area contributed by atoms with Gasteiger partial charge in [-0.25, -0.2) is 0 Å². The second-order valence-corrected chi connectivity index (χ2v) is 5.30. The molecule has 0 bridgehead atoms. The van der Waals surface area contributed by atoms with Gasteiger partial charge in [-0.2, -0.15) is 0 Å². The molecule has 0 saturated carbocycles. The summed E-state index contributed by atoms with van der Waals surface area (Å²) < 4.78 is 5.17. The molecule has 0 aromatic heterocycles. The summed E-state index contributed by atoms with van der Waals surface area (Å²) >= 11 is 0. The predicted molar refractivity (Wildman–Crippen MR) is 68.8 cm³/mol. The lowest BCUT2D eigenvalue weighted by molar-refractivity contribution is 0.123. The van der Waals surface area contributed by atoms with Crippen molar-refractivity contribution in [2.75, 3.05) is 33.4 Å². The number of ether oxygens (including phenoxy) is 1. The third-order valence-electron chi connectivity index (χ3n) is 3.87. The summed E-state index contributed by atoms with van der Waals surface area (Å²) in [7, 11) is 1.78.